The van der Waals surface area contributed by atoms with Gasteiger partial charge in [0.1, 0.15) is 6.04 Å². The van der Waals surface area contributed by atoms with Crippen molar-refractivity contribution in [1.82, 2.24) is 30.6 Å². The number of hydrogen-bond acceptors (Lipinski definition) is 7. The Morgan fingerprint density at radius 3 is 2.58 bits per heavy atom. The van der Waals surface area contributed by atoms with Gasteiger partial charge in [-0.3, -0.25) is 29.4 Å². The number of nitrogens with zero attached hydrogens (tertiary/aromatic N) is 4. The third-order valence-electron chi connectivity index (χ3n) is 7.43. The van der Waals surface area contributed by atoms with Crippen LogP contribution in [0.2, 0.25) is 0 Å². The fraction of sp³-hybridized carbons (Fsp3) is 0.429. The van der Waals surface area contributed by atoms with Crippen molar-refractivity contribution in [3.63, 3.8) is 0 Å². The summed E-state index contributed by atoms with van der Waals surface area (Å²) in [7, 11) is 0. The fourth-order valence-electron chi connectivity index (χ4n) is 5.15. The average Bonchev–Trinajstić information content (AvgIpc) is 3.22. The van der Waals surface area contributed by atoms with Gasteiger partial charge in [-0.25, -0.2) is 0 Å². The molecule has 0 bridgehead atoms. The van der Waals surface area contributed by atoms with Crippen LogP contribution in [0.15, 0.2) is 36.4 Å². The predicted molar refractivity (Wildman–Crippen MR) is 140 cm³/mol. The van der Waals surface area contributed by atoms with E-state index in [1.165, 1.54) is 4.90 Å². The first-order valence-corrected chi connectivity index (χ1v) is 12.9. The summed E-state index contributed by atoms with van der Waals surface area (Å²) in [5.74, 6) is -1.30. The summed E-state index contributed by atoms with van der Waals surface area (Å²) in [6, 6.07) is 8.25. The maximum absolute atomic E-state index is 12.9. The Morgan fingerprint density at radius 1 is 1.11 bits per heavy atom. The second kappa shape index (κ2) is 10.1. The van der Waals surface area contributed by atoms with Gasteiger partial charge in [-0.2, -0.15) is 5.10 Å². The molecule has 38 heavy (non-hydrogen) atoms. The van der Waals surface area contributed by atoms with E-state index < -0.39 is 11.9 Å². The number of piperidine rings is 1. The van der Waals surface area contributed by atoms with Gasteiger partial charge in [0.05, 0.1) is 5.69 Å². The van der Waals surface area contributed by atoms with Crippen LogP contribution in [0.1, 0.15) is 77.7 Å². The first-order valence-electron chi connectivity index (χ1n) is 12.9. The maximum atomic E-state index is 12.9. The molecule has 3 aliphatic heterocycles. The molecular formula is C28H32N6O4. The van der Waals surface area contributed by atoms with Crippen LogP contribution >= 0.6 is 0 Å². The second-order valence-corrected chi connectivity index (χ2v) is 11.0. The van der Waals surface area contributed by atoms with Crippen molar-refractivity contribution in [1.29, 1.82) is 0 Å². The largest absolute Gasteiger partial charge is 0.347 e. The molecule has 1 unspecified atom stereocenters. The van der Waals surface area contributed by atoms with Crippen molar-refractivity contribution in [3.05, 3.63) is 64.5 Å². The molecule has 0 aliphatic carbocycles. The highest BCUT2D eigenvalue weighted by Crippen LogP contribution is 2.28. The fourth-order valence-corrected chi connectivity index (χ4v) is 5.15. The highest BCUT2D eigenvalue weighted by molar-refractivity contribution is 6.05. The third kappa shape index (κ3) is 5.22. The lowest BCUT2D eigenvalue weighted by Crippen LogP contribution is -2.52. The van der Waals surface area contributed by atoms with Crippen molar-refractivity contribution in [3.8, 4) is 0 Å². The Morgan fingerprint density at radius 2 is 1.92 bits per heavy atom. The van der Waals surface area contributed by atoms with Gasteiger partial charge in [0, 0.05) is 43.7 Å². The Kier molecular flexibility index (Phi) is 6.83. The van der Waals surface area contributed by atoms with Crippen molar-refractivity contribution >= 4 is 29.2 Å². The SMILES string of the molecule is CC(C)(C)N1CC=C(c2ccc(C(=O)NCc3ccc4c(c3)CN(C3CCC(=O)NC3=O)C4=O)nn2)CC1. The van der Waals surface area contributed by atoms with Crippen LogP contribution < -0.4 is 10.6 Å². The molecule has 4 amide bonds. The van der Waals surface area contributed by atoms with E-state index in [4.69, 9.17) is 0 Å². The predicted octanol–water partition coefficient (Wildman–Crippen LogP) is 2.06. The molecule has 0 radical (unpaired) electrons. The van der Waals surface area contributed by atoms with Crippen LogP contribution in [0.3, 0.4) is 0 Å². The molecule has 0 spiro atoms. The Labute approximate surface area is 221 Å². The number of fused-ring (bicyclic) bond motifs is 1. The number of aromatic nitrogens is 2. The van der Waals surface area contributed by atoms with Gasteiger partial charge in [-0.15, -0.1) is 5.10 Å². The lowest BCUT2D eigenvalue weighted by Gasteiger charge is -2.37. The van der Waals surface area contributed by atoms with E-state index in [2.05, 4.69) is 52.6 Å². The van der Waals surface area contributed by atoms with Gasteiger partial charge in [-0.1, -0.05) is 18.2 Å². The number of carbonyl (C=O) groups excluding carboxylic acids is 4. The van der Waals surface area contributed by atoms with Crippen LogP contribution in [0.25, 0.3) is 5.57 Å². The zero-order chi connectivity index (χ0) is 27.0. The molecule has 10 heteroatoms. The van der Waals surface area contributed by atoms with Crippen LogP contribution in [-0.2, 0) is 22.7 Å². The minimum absolute atomic E-state index is 0.122. The lowest BCUT2D eigenvalue weighted by atomic mass is 9.99. The highest BCUT2D eigenvalue weighted by Gasteiger charge is 2.39. The van der Waals surface area contributed by atoms with Crippen LogP contribution in [-0.4, -0.2) is 68.3 Å². The Hall–Kier alpha value is -3.92. The average molecular weight is 517 g/mol. The summed E-state index contributed by atoms with van der Waals surface area (Å²) in [5, 5.41) is 13.6. The lowest BCUT2D eigenvalue weighted by molar-refractivity contribution is -0.136. The standard InChI is InChI=1S/C28H32N6O4/c1-28(2,3)33-12-10-18(11-13-33)21-6-7-22(32-31-21)25(36)29-15-17-4-5-20-19(14-17)16-34(27(20)38)23-8-9-24(35)30-26(23)37/h4-7,10,14,23H,8-9,11-13,15-16H2,1-3H3,(H,29,36)(H,30,35,37). The molecule has 2 N–H and O–H groups in total. The zero-order valence-corrected chi connectivity index (χ0v) is 21.9. The van der Waals surface area contributed by atoms with Gasteiger partial charge in [0.2, 0.25) is 11.8 Å². The number of carbonyl (C=O) groups is 4. The monoisotopic (exact) mass is 516 g/mol. The van der Waals surface area contributed by atoms with Gasteiger partial charge in [0.15, 0.2) is 5.69 Å². The Bertz CT molecular complexity index is 1330. The summed E-state index contributed by atoms with van der Waals surface area (Å²) in [4.78, 5) is 53.2. The van der Waals surface area contributed by atoms with E-state index in [-0.39, 0.29) is 41.9 Å². The molecule has 3 aliphatic rings. The van der Waals surface area contributed by atoms with Crippen molar-refractivity contribution in [2.45, 2.75) is 64.7 Å². The van der Waals surface area contributed by atoms with E-state index in [9.17, 15) is 19.2 Å². The molecular weight excluding hydrogens is 484 g/mol. The summed E-state index contributed by atoms with van der Waals surface area (Å²) >= 11 is 0. The minimum Gasteiger partial charge on any atom is -0.347 e. The van der Waals surface area contributed by atoms with Crippen LogP contribution in [0.4, 0.5) is 0 Å². The molecule has 5 rings (SSSR count). The molecule has 1 aromatic heterocycles. The molecule has 1 saturated heterocycles. The second-order valence-electron chi connectivity index (χ2n) is 11.0. The highest BCUT2D eigenvalue weighted by atomic mass is 16.2. The minimum atomic E-state index is -0.654. The maximum Gasteiger partial charge on any atom is 0.272 e. The molecule has 198 valence electrons. The van der Waals surface area contributed by atoms with E-state index in [1.54, 1.807) is 18.2 Å². The zero-order valence-electron chi connectivity index (χ0n) is 21.9. The van der Waals surface area contributed by atoms with E-state index in [0.29, 0.717) is 18.5 Å². The summed E-state index contributed by atoms with van der Waals surface area (Å²) in [6.07, 6.45) is 3.60. The van der Waals surface area contributed by atoms with Gasteiger partial charge >= 0.3 is 0 Å². The number of hydrogen-bond donors (Lipinski definition) is 2. The molecule has 1 atom stereocenters. The van der Waals surface area contributed by atoms with Crippen LogP contribution in [0.5, 0.6) is 0 Å². The van der Waals surface area contributed by atoms with E-state index >= 15 is 0 Å². The Balaban J connectivity index is 1.18. The normalized spacial score (nSPS) is 20.2. The van der Waals surface area contributed by atoms with Crippen molar-refractivity contribution < 1.29 is 19.2 Å². The quantitative estimate of drug-likeness (QED) is 0.583. The first kappa shape index (κ1) is 25.7. The van der Waals surface area contributed by atoms with Gasteiger partial charge in [0.25, 0.3) is 11.8 Å². The van der Waals surface area contributed by atoms with Gasteiger partial charge < -0.3 is 10.2 Å². The smallest absolute Gasteiger partial charge is 0.272 e. The third-order valence-corrected chi connectivity index (χ3v) is 7.43. The molecule has 1 aromatic carbocycles. The van der Waals surface area contributed by atoms with Crippen molar-refractivity contribution in [2.75, 3.05) is 13.1 Å². The number of rotatable bonds is 5. The molecule has 10 nitrogen and oxygen atoms in total. The van der Waals surface area contributed by atoms with E-state index in [0.717, 1.165) is 41.9 Å². The summed E-state index contributed by atoms with van der Waals surface area (Å²) < 4.78 is 0. The van der Waals surface area contributed by atoms with Crippen molar-refractivity contribution in [2.24, 2.45) is 0 Å². The summed E-state index contributed by atoms with van der Waals surface area (Å²) in [6.45, 7) is 8.98. The number of benzene rings is 1. The molecule has 2 aromatic rings. The first-order chi connectivity index (χ1) is 18.1. The number of imide groups is 1. The molecule has 1 fully saturated rings. The molecule has 4 heterocycles. The summed E-state index contributed by atoms with van der Waals surface area (Å²) in [5.41, 5.74) is 4.45. The topological polar surface area (TPSA) is 125 Å². The van der Waals surface area contributed by atoms with Crippen LogP contribution in [0, 0.1) is 0 Å². The number of amides is 4. The number of nitrogens with one attached hydrogen (secondary N) is 2. The van der Waals surface area contributed by atoms with E-state index in [1.807, 2.05) is 12.1 Å². The molecule has 0 saturated carbocycles. The van der Waals surface area contributed by atoms with Gasteiger partial charge in [-0.05, 0) is 68.5 Å².